The van der Waals surface area contributed by atoms with Crippen LogP contribution >= 0.6 is 15.9 Å². The number of benzene rings is 1. The minimum atomic E-state index is 0.549. The monoisotopic (exact) mass is 358 g/mol. The first-order valence-corrected chi connectivity index (χ1v) is 7.62. The van der Waals surface area contributed by atoms with Gasteiger partial charge in [-0.1, -0.05) is 15.9 Å². The SMILES string of the molecule is Cc1cc(Nc2ccnc(NCc3ccco3)n2)ccc1Br. The summed E-state index contributed by atoms with van der Waals surface area (Å²) >= 11 is 3.49. The van der Waals surface area contributed by atoms with Crippen molar-refractivity contribution in [2.75, 3.05) is 10.6 Å². The fraction of sp³-hybridized carbons (Fsp3) is 0.125. The average molecular weight is 359 g/mol. The van der Waals surface area contributed by atoms with Crippen molar-refractivity contribution in [3.63, 3.8) is 0 Å². The highest BCUT2D eigenvalue weighted by atomic mass is 79.9. The summed E-state index contributed by atoms with van der Waals surface area (Å²) < 4.78 is 6.35. The predicted molar refractivity (Wildman–Crippen MR) is 90.2 cm³/mol. The molecule has 1 aromatic carbocycles. The third kappa shape index (κ3) is 3.65. The van der Waals surface area contributed by atoms with Gasteiger partial charge in [0, 0.05) is 16.4 Å². The van der Waals surface area contributed by atoms with Gasteiger partial charge >= 0.3 is 0 Å². The third-order valence-electron chi connectivity index (χ3n) is 3.09. The van der Waals surface area contributed by atoms with Crippen LogP contribution in [0.5, 0.6) is 0 Å². The van der Waals surface area contributed by atoms with Gasteiger partial charge in [0.2, 0.25) is 5.95 Å². The summed E-state index contributed by atoms with van der Waals surface area (Å²) in [7, 11) is 0. The molecule has 3 rings (SSSR count). The maximum absolute atomic E-state index is 5.27. The van der Waals surface area contributed by atoms with Gasteiger partial charge in [-0.25, -0.2) is 4.98 Å². The molecule has 22 heavy (non-hydrogen) atoms. The van der Waals surface area contributed by atoms with Crippen LogP contribution in [-0.2, 0) is 6.54 Å². The molecule has 0 saturated heterocycles. The molecule has 0 bridgehead atoms. The number of halogens is 1. The van der Waals surface area contributed by atoms with Gasteiger partial charge in [0.25, 0.3) is 0 Å². The van der Waals surface area contributed by atoms with Crippen molar-refractivity contribution >= 4 is 33.4 Å². The lowest BCUT2D eigenvalue weighted by Gasteiger charge is -2.09. The summed E-state index contributed by atoms with van der Waals surface area (Å²) in [4.78, 5) is 8.63. The highest BCUT2D eigenvalue weighted by molar-refractivity contribution is 9.10. The summed E-state index contributed by atoms with van der Waals surface area (Å²) in [6, 6.07) is 11.6. The van der Waals surface area contributed by atoms with Crippen LogP contribution in [0.4, 0.5) is 17.5 Å². The quantitative estimate of drug-likeness (QED) is 0.703. The smallest absolute Gasteiger partial charge is 0.224 e. The lowest BCUT2D eigenvalue weighted by Crippen LogP contribution is -2.04. The van der Waals surface area contributed by atoms with Crippen molar-refractivity contribution in [2.24, 2.45) is 0 Å². The zero-order valence-corrected chi connectivity index (χ0v) is 13.6. The van der Waals surface area contributed by atoms with E-state index in [-0.39, 0.29) is 0 Å². The van der Waals surface area contributed by atoms with Gasteiger partial charge in [0.05, 0.1) is 12.8 Å². The topological polar surface area (TPSA) is 63.0 Å². The Bertz CT molecular complexity index is 759. The average Bonchev–Trinajstić information content (AvgIpc) is 3.03. The first-order valence-electron chi connectivity index (χ1n) is 6.83. The molecule has 0 fully saturated rings. The Hall–Kier alpha value is -2.34. The number of aryl methyl sites for hydroxylation is 1. The standard InChI is InChI=1S/C16H15BrN4O/c1-11-9-12(4-5-14(11)17)20-15-6-7-18-16(21-15)19-10-13-3-2-8-22-13/h2-9H,10H2,1H3,(H2,18,19,20,21). The van der Waals surface area contributed by atoms with Gasteiger partial charge in [-0.15, -0.1) is 0 Å². The van der Waals surface area contributed by atoms with Crippen LogP contribution in [0, 0.1) is 6.92 Å². The van der Waals surface area contributed by atoms with Crippen molar-refractivity contribution in [1.82, 2.24) is 9.97 Å². The fourth-order valence-electron chi connectivity index (χ4n) is 1.96. The van der Waals surface area contributed by atoms with Crippen LogP contribution in [0.1, 0.15) is 11.3 Å². The highest BCUT2D eigenvalue weighted by Gasteiger charge is 2.02. The second-order valence-corrected chi connectivity index (χ2v) is 5.64. The number of hydrogen-bond acceptors (Lipinski definition) is 5. The molecular formula is C16H15BrN4O. The normalized spacial score (nSPS) is 10.5. The van der Waals surface area contributed by atoms with E-state index in [1.54, 1.807) is 12.5 Å². The van der Waals surface area contributed by atoms with Gasteiger partial charge in [0.1, 0.15) is 11.6 Å². The summed E-state index contributed by atoms with van der Waals surface area (Å²) in [6.45, 7) is 2.60. The second kappa shape index (κ2) is 6.62. The molecule has 2 heterocycles. The Kier molecular flexibility index (Phi) is 4.39. The van der Waals surface area contributed by atoms with E-state index in [9.17, 15) is 0 Å². The van der Waals surface area contributed by atoms with Crippen molar-refractivity contribution in [3.05, 3.63) is 64.7 Å². The third-order valence-corrected chi connectivity index (χ3v) is 3.98. The van der Waals surface area contributed by atoms with Gasteiger partial charge in [-0.05, 0) is 48.9 Å². The van der Waals surface area contributed by atoms with Crippen molar-refractivity contribution < 1.29 is 4.42 Å². The van der Waals surface area contributed by atoms with E-state index < -0.39 is 0 Å². The van der Waals surface area contributed by atoms with Crippen molar-refractivity contribution in [1.29, 1.82) is 0 Å². The number of furan rings is 1. The minimum Gasteiger partial charge on any atom is -0.467 e. The summed E-state index contributed by atoms with van der Waals surface area (Å²) in [5, 5.41) is 6.40. The van der Waals surface area contributed by atoms with E-state index >= 15 is 0 Å². The van der Waals surface area contributed by atoms with Gasteiger partial charge in [0.15, 0.2) is 0 Å². The van der Waals surface area contributed by atoms with Gasteiger partial charge in [-0.2, -0.15) is 4.98 Å². The van der Waals surface area contributed by atoms with Crippen LogP contribution in [0.15, 0.2) is 57.7 Å². The number of nitrogens with one attached hydrogen (secondary N) is 2. The summed E-state index contributed by atoms with van der Waals surface area (Å²) in [5.41, 5.74) is 2.15. The molecule has 0 radical (unpaired) electrons. The van der Waals surface area contributed by atoms with Crippen LogP contribution in [0.2, 0.25) is 0 Å². The van der Waals surface area contributed by atoms with E-state index in [4.69, 9.17) is 4.42 Å². The summed E-state index contributed by atoms with van der Waals surface area (Å²) in [6.07, 6.45) is 3.36. The molecule has 2 aromatic heterocycles. The van der Waals surface area contributed by atoms with E-state index in [1.807, 2.05) is 37.3 Å². The summed E-state index contributed by atoms with van der Waals surface area (Å²) in [5.74, 6) is 2.12. The van der Waals surface area contributed by atoms with Crippen molar-refractivity contribution in [3.8, 4) is 0 Å². The van der Waals surface area contributed by atoms with E-state index in [0.717, 1.165) is 27.3 Å². The van der Waals surface area contributed by atoms with Crippen LogP contribution in [0.3, 0.4) is 0 Å². The Morgan fingerprint density at radius 1 is 1.23 bits per heavy atom. The van der Waals surface area contributed by atoms with Crippen LogP contribution in [-0.4, -0.2) is 9.97 Å². The molecule has 0 saturated carbocycles. The number of hydrogen-bond donors (Lipinski definition) is 2. The Balaban J connectivity index is 1.69. The molecule has 0 unspecified atom stereocenters. The number of rotatable bonds is 5. The maximum Gasteiger partial charge on any atom is 0.224 e. The Labute approximate surface area is 136 Å². The zero-order chi connectivity index (χ0) is 15.4. The molecule has 0 aliphatic carbocycles. The molecule has 0 amide bonds. The van der Waals surface area contributed by atoms with Crippen molar-refractivity contribution in [2.45, 2.75) is 13.5 Å². The molecule has 2 N–H and O–H groups in total. The number of aromatic nitrogens is 2. The molecular weight excluding hydrogens is 344 g/mol. The van der Waals surface area contributed by atoms with E-state index in [2.05, 4.69) is 42.6 Å². The highest BCUT2D eigenvalue weighted by Crippen LogP contribution is 2.22. The predicted octanol–water partition coefficient (Wildman–Crippen LogP) is 4.50. The molecule has 0 atom stereocenters. The molecule has 5 nitrogen and oxygen atoms in total. The fourth-order valence-corrected chi connectivity index (χ4v) is 2.21. The van der Waals surface area contributed by atoms with Crippen LogP contribution in [0.25, 0.3) is 0 Å². The number of anilines is 3. The van der Waals surface area contributed by atoms with Gasteiger partial charge in [-0.3, -0.25) is 0 Å². The maximum atomic E-state index is 5.27. The zero-order valence-electron chi connectivity index (χ0n) is 12.0. The number of nitrogens with zero attached hydrogens (tertiary/aromatic N) is 2. The van der Waals surface area contributed by atoms with E-state index in [1.165, 1.54) is 0 Å². The van der Waals surface area contributed by atoms with Crippen LogP contribution < -0.4 is 10.6 Å². The second-order valence-electron chi connectivity index (χ2n) is 4.79. The lowest BCUT2D eigenvalue weighted by molar-refractivity contribution is 0.517. The molecule has 3 aromatic rings. The molecule has 0 aliphatic heterocycles. The largest absolute Gasteiger partial charge is 0.467 e. The Morgan fingerprint density at radius 2 is 2.14 bits per heavy atom. The van der Waals surface area contributed by atoms with Gasteiger partial charge < -0.3 is 15.1 Å². The molecule has 6 heteroatoms. The van der Waals surface area contributed by atoms with E-state index in [0.29, 0.717) is 12.5 Å². The Morgan fingerprint density at radius 3 is 2.91 bits per heavy atom. The molecule has 0 aliphatic rings. The first-order chi connectivity index (χ1) is 10.7. The minimum absolute atomic E-state index is 0.549. The molecule has 0 spiro atoms. The first kappa shape index (κ1) is 14.6. The molecule has 112 valence electrons. The lowest BCUT2D eigenvalue weighted by atomic mass is 10.2.